The highest BCUT2D eigenvalue weighted by molar-refractivity contribution is 6.05. The van der Waals surface area contributed by atoms with Crippen LogP contribution in [0.5, 0.6) is 5.75 Å². The molecule has 1 fully saturated rings. The molecule has 0 aliphatic carbocycles. The number of amides is 2. The standard InChI is InChI=1S/C24H23F3N2O6/c1-29-18-7-6-16(11-21(30)31)35-20(18)12-34-19-8-5-15(10-17(19)23(29)33)28-22(32)13-3-2-4-14(9-13)24(25,26)27/h2-5,8-10,16,18,20H,6-7,11-12H2,1H3,(H,28,32)(H,30,31)/t16-,18-,20+/m1/s1. The summed E-state index contributed by atoms with van der Waals surface area (Å²) in [5.41, 5.74) is -0.719. The van der Waals surface area contributed by atoms with Crippen molar-refractivity contribution in [2.45, 2.75) is 43.7 Å². The van der Waals surface area contributed by atoms with E-state index in [1.165, 1.54) is 29.2 Å². The molecule has 8 nitrogen and oxygen atoms in total. The molecule has 0 spiro atoms. The van der Waals surface area contributed by atoms with Crippen LogP contribution in [0.3, 0.4) is 0 Å². The van der Waals surface area contributed by atoms with Crippen molar-refractivity contribution >= 4 is 23.5 Å². The van der Waals surface area contributed by atoms with Crippen LogP contribution in [0.15, 0.2) is 42.5 Å². The van der Waals surface area contributed by atoms with Gasteiger partial charge in [0.25, 0.3) is 11.8 Å². The minimum Gasteiger partial charge on any atom is -0.490 e. The van der Waals surface area contributed by atoms with Gasteiger partial charge in [-0.25, -0.2) is 0 Å². The number of benzene rings is 2. The first-order valence-electron chi connectivity index (χ1n) is 10.9. The third kappa shape index (κ3) is 5.40. The van der Waals surface area contributed by atoms with Gasteiger partial charge in [0, 0.05) is 18.3 Å². The predicted octanol–water partition coefficient (Wildman–Crippen LogP) is 3.81. The molecular weight excluding hydrogens is 469 g/mol. The number of hydrogen-bond acceptors (Lipinski definition) is 5. The summed E-state index contributed by atoms with van der Waals surface area (Å²) in [6, 6.07) is 8.09. The van der Waals surface area contributed by atoms with Crippen LogP contribution < -0.4 is 10.1 Å². The summed E-state index contributed by atoms with van der Waals surface area (Å²) >= 11 is 0. The highest BCUT2D eigenvalue weighted by atomic mass is 19.4. The Balaban J connectivity index is 1.53. The van der Waals surface area contributed by atoms with E-state index in [4.69, 9.17) is 14.6 Å². The Bertz CT molecular complexity index is 1150. The average Bonchev–Trinajstić information content (AvgIpc) is 2.81. The maximum absolute atomic E-state index is 13.2. The number of nitrogens with one attached hydrogen (secondary N) is 1. The molecule has 0 radical (unpaired) electrons. The van der Waals surface area contributed by atoms with E-state index in [9.17, 15) is 27.6 Å². The van der Waals surface area contributed by atoms with Gasteiger partial charge in [-0.2, -0.15) is 13.2 Å². The van der Waals surface area contributed by atoms with Crippen LogP contribution in [0.2, 0.25) is 0 Å². The Hall–Kier alpha value is -3.60. The second-order valence-electron chi connectivity index (χ2n) is 8.51. The normalized spacial score (nSPS) is 22.2. The van der Waals surface area contributed by atoms with Crippen LogP contribution in [0, 0.1) is 0 Å². The number of alkyl halides is 3. The number of nitrogens with zero attached hydrogens (tertiary/aromatic N) is 1. The summed E-state index contributed by atoms with van der Waals surface area (Å²) in [6.07, 6.45) is -4.67. The molecule has 3 atom stereocenters. The van der Waals surface area contributed by atoms with Gasteiger partial charge in [-0.1, -0.05) is 6.07 Å². The molecule has 2 heterocycles. The van der Waals surface area contributed by atoms with Crippen LogP contribution in [-0.2, 0) is 15.7 Å². The number of carbonyl (C=O) groups is 3. The number of carboxylic acid groups (broad SMARTS) is 1. The molecule has 0 aromatic heterocycles. The Kier molecular flexibility index (Phi) is 6.70. The maximum atomic E-state index is 13.2. The van der Waals surface area contributed by atoms with Gasteiger partial charge in [0.1, 0.15) is 18.5 Å². The second kappa shape index (κ2) is 9.57. The Morgan fingerprint density at radius 3 is 2.66 bits per heavy atom. The van der Waals surface area contributed by atoms with E-state index in [0.29, 0.717) is 12.8 Å². The molecular formula is C24H23F3N2O6. The Morgan fingerprint density at radius 2 is 1.94 bits per heavy atom. The highest BCUT2D eigenvalue weighted by Gasteiger charge is 2.39. The van der Waals surface area contributed by atoms with Gasteiger partial charge in [0.2, 0.25) is 0 Å². The predicted molar refractivity (Wildman–Crippen MR) is 117 cm³/mol. The number of carbonyl (C=O) groups excluding carboxylic acids is 2. The number of fused-ring (bicyclic) bond motifs is 2. The van der Waals surface area contributed by atoms with E-state index < -0.39 is 35.8 Å². The Labute approximate surface area is 198 Å². The fourth-order valence-corrected chi connectivity index (χ4v) is 4.34. The minimum absolute atomic E-state index is 0.0986. The number of aliphatic carboxylic acids is 1. The van der Waals surface area contributed by atoms with E-state index in [1.807, 2.05) is 0 Å². The summed E-state index contributed by atoms with van der Waals surface area (Å²) in [7, 11) is 1.61. The molecule has 35 heavy (non-hydrogen) atoms. The van der Waals surface area contributed by atoms with Gasteiger partial charge in [0.05, 0.1) is 29.7 Å². The lowest BCUT2D eigenvalue weighted by molar-refractivity contribution is -0.148. The highest BCUT2D eigenvalue weighted by Crippen LogP contribution is 2.33. The molecule has 4 rings (SSSR count). The number of rotatable bonds is 4. The zero-order valence-corrected chi connectivity index (χ0v) is 18.7. The summed E-state index contributed by atoms with van der Waals surface area (Å²) < 4.78 is 50.6. The molecule has 2 aromatic rings. The van der Waals surface area contributed by atoms with Gasteiger partial charge in [-0.05, 0) is 49.2 Å². The molecule has 2 aromatic carbocycles. The fraction of sp³-hybridized carbons (Fsp3) is 0.375. The number of likely N-dealkylation sites (N-methyl/N-ethyl adjacent to an activating group) is 1. The van der Waals surface area contributed by atoms with Gasteiger partial charge in [-0.3, -0.25) is 14.4 Å². The lowest BCUT2D eigenvalue weighted by atomic mass is 9.94. The zero-order valence-electron chi connectivity index (χ0n) is 18.7. The summed E-state index contributed by atoms with van der Waals surface area (Å²) in [5, 5.41) is 11.6. The summed E-state index contributed by atoms with van der Waals surface area (Å²) in [6.45, 7) is 0.0986. The summed E-state index contributed by atoms with van der Waals surface area (Å²) in [5.74, 6) is -1.85. The molecule has 2 aliphatic rings. The molecule has 186 valence electrons. The maximum Gasteiger partial charge on any atom is 0.416 e. The molecule has 1 saturated heterocycles. The molecule has 11 heteroatoms. The lowest BCUT2D eigenvalue weighted by Gasteiger charge is -2.42. The number of anilines is 1. The molecule has 2 aliphatic heterocycles. The molecule has 2 N–H and O–H groups in total. The van der Waals surface area contributed by atoms with Crippen molar-refractivity contribution in [1.82, 2.24) is 4.90 Å². The van der Waals surface area contributed by atoms with E-state index >= 15 is 0 Å². The van der Waals surface area contributed by atoms with Crippen LogP contribution in [0.25, 0.3) is 0 Å². The van der Waals surface area contributed by atoms with Crippen molar-refractivity contribution in [3.8, 4) is 5.75 Å². The van der Waals surface area contributed by atoms with Crippen LogP contribution in [0.1, 0.15) is 45.5 Å². The minimum atomic E-state index is -4.58. The monoisotopic (exact) mass is 492 g/mol. The van der Waals surface area contributed by atoms with Crippen molar-refractivity contribution in [1.29, 1.82) is 0 Å². The lowest BCUT2D eigenvalue weighted by Crippen LogP contribution is -2.53. The first kappa shape index (κ1) is 24.5. The SMILES string of the molecule is CN1C(=O)c2cc(NC(=O)c3cccc(C(F)(F)F)c3)ccc2OC[C@@H]2O[C@@H](CC(=O)O)CC[C@H]21. The topological polar surface area (TPSA) is 105 Å². The molecule has 2 amide bonds. The van der Waals surface area contributed by atoms with Gasteiger partial charge >= 0.3 is 12.1 Å². The number of ether oxygens (including phenoxy) is 2. The van der Waals surface area contributed by atoms with Crippen molar-refractivity contribution in [2.75, 3.05) is 19.0 Å². The molecule has 0 bridgehead atoms. The number of hydrogen-bond donors (Lipinski definition) is 2. The zero-order chi connectivity index (χ0) is 25.3. The van der Waals surface area contributed by atoms with Crippen molar-refractivity contribution in [2.24, 2.45) is 0 Å². The third-order valence-corrected chi connectivity index (χ3v) is 6.12. The van der Waals surface area contributed by atoms with E-state index in [2.05, 4.69) is 5.32 Å². The molecule has 0 saturated carbocycles. The Morgan fingerprint density at radius 1 is 1.17 bits per heavy atom. The quantitative estimate of drug-likeness (QED) is 0.673. The van der Waals surface area contributed by atoms with E-state index in [0.717, 1.165) is 18.2 Å². The smallest absolute Gasteiger partial charge is 0.416 e. The van der Waals surface area contributed by atoms with Crippen LogP contribution in [-0.4, -0.2) is 59.7 Å². The van der Waals surface area contributed by atoms with Gasteiger partial charge < -0.3 is 24.8 Å². The van der Waals surface area contributed by atoms with Crippen molar-refractivity contribution in [3.63, 3.8) is 0 Å². The second-order valence-corrected chi connectivity index (χ2v) is 8.51. The van der Waals surface area contributed by atoms with E-state index in [1.54, 1.807) is 7.05 Å². The van der Waals surface area contributed by atoms with Crippen molar-refractivity contribution < 1.29 is 42.1 Å². The fourth-order valence-electron chi connectivity index (χ4n) is 4.34. The van der Waals surface area contributed by atoms with Gasteiger partial charge in [-0.15, -0.1) is 0 Å². The number of halogens is 3. The molecule has 0 unspecified atom stereocenters. The first-order valence-corrected chi connectivity index (χ1v) is 10.9. The third-order valence-electron chi connectivity index (χ3n) is 6.12. The largest absolute Gasteiger partial charge is 0.490 e. The summed E-state index contributed by atoms with van der Waals surface area (Å²) in [4.78, 5) is 38.3. The van der Waals surface area contributed by atoms with Crippen LogP contribution in [0.4, 0.5) is 18.9 Å². The number of carboxylic acids is 1. The average molecular weight is 492 g/mol. The first-order chi connectivity index (χ1) is 16.5. The van der Waals surface area contributed by atoms with Gasteiger partial charge in [0.15, 0.2) is 0 Å². The van der Waals surface area contributed by atoms with Crippen molar-refractivity contribution in [3.05, 3.63) is 59.2 Å². The van der Waals surface area contributed by atoms with E-state index in [-0.39, 0.29) is 47.5 Å². The van der Waals surface area contributed by atoms with Crippen LogP contribution >= 0.6 is 0 Å².